The predicted molar refractivity (Wildman–Crippen MR) is 75.7 cm³/mol. The molecule has 0 amide bonds. The van der Waals surface area contributed by atoms with Crippen LogP contribution in [0.1, 0.15) is 50.0 Å². The number of hydrogen-bond donors (Lipinski definition) is 2. The fraction of sp³-hybridized carbons (Fsp3) is 0.562. The standard InChI is InChI=1S/C16H22O4/c1-20-16(19)9-4-11-2-5-12(6-3-11)14-8-7-13(17)10-15(14)18/h7-8,10-12,17-18H,2-6,9H2,1H3. The van der Waals surface area contributed by atoms with Gasteiger partial charge in [0.25, 0.3) is 0 Å². The molecule has 2 N–H and O–H groups in total. The van der Waals surface area contributed by atoms with Crippen molar-refractivity contribution in [2.45, 2.75) is 44.4 Å². The second kappa shape index (κ2) is 6.64. The summed E-state index contributed by atoms with van der Waals surface area (Å²) >= 11 is 0. The van der Waals surface area contributed by atoms with E-state index in [1.165, 1.54) is 13.2 Å². The molecule has 0 aliphatic heterocycles. The molecule has 0 radical (unpaired) electrons. The molecule has 0 saturated heterocycles. The average molecular weight is 278 g/mol. The highest BCUT2D eigenvalue weighted by Gasteiger charge is 2.24. The first-order valence-corrected chi connectivity index (χ1v) is 7.19. The van der Waals surface area contributed by atoms with Crippen LogP contribution < -0.4 is 0 Å². The number of benzene rings is 1. The minimum atomic E-state index is -0.136. The Morgan fingerprint density at radius 2 is 1.95 bits per heavy atom. The summed E-state index contributed by atoms with van der Waals surface area (Å²) in [6.07, 6.45) is 5.57. The summed E-state index contributed by atoms with van der Waals surface area (Å²) in [7, 11) is 1.42. The minimum Gasteiger partial charge on any atom is -0.508 e. The van der Waals surface area contributed by atoms with Crippen LogP contribution in [-0.4, -0.2) is 23.3 Å². The summed E-state index contributed by atoms with van der Waals surface area (Å²) in [6, 6.07) is 4.83. The van der Waals surface area contributed by atoms with Gasteiger partial charge in [0.05, 0.1) is 7.11 Å². The Balaban J connectivity index is 1.86. The molecule has 110 valence electrons. The zero-order valence-corrected chi connectivity index (χ0v) is 11.8. The predicted octanol–water partition coefficient (Wildman–Crippen LogP) is 3.32. The number of carbonyl (C=O) groups excluding carboxylic acids is 1. The van der Waals surface area contributed by atoms with Crippen molar-refractivity contribution in [2.24, 2.45) is 5.92 Å². The van der Waals surface area contributed by atoms with Gasteiger partial charge >= 0.3 is 5.97 Å². The molecule has 0 atom stereocenters. The molecule has 2 rings (SSSR count). The number of esters is 1. The normalized spacial score (nSPS) is 22.4. The van der Waals surface area contributed by atoms with E-state index in [2.05, 4.69) is 4.74 Å². The molecule has 1 fully saturated rings. The van der Waals surface area contributed by atoms with Crippen LogP contribution in [0, 0.1) is 5.92 Å². The zero-order valence-electron chi connectivity index (χ0n) is 11.8. The molecule has 1 aliphatic rings. The lowest BCUT2D eigenvalue weighted by atomic mass is 9.77. The number of methoxy groups -OCH3 is 1. The van der Waals surface area contributed by atoms with Crippen LogP contribution in [0.25, 0.3) is 0 Å². The SMILES string of the molecule is COC(=O)CCC1CCC(c2ccc(O)cc2O)CC1. The van der Waals surface area contributed by atoms with Crippen molar-refractivity contribution in [3.63, 3.8) is 0 Å². The summed E-state index contributed by atoms with van der Waals surface area (Å²) < 4.78 is 4.66. The summed E-state index contributed by atoms with van der Waals surface area (Å²) in [4.78, 5) is 11.1. The molecule has 4 nitrogen and oxygen atoms in total. The van der Waals surface area contributed by atoms with E-state index >= 15 is 0 Å². The van der Waals surface area contributed by atoms with E-state index in [-0.39, 0.29) is 17.5 Å². The zero-order chi connectivity index (χ0) is 14.5. The Morgan fingerprint density at radius 1 is 1.25 bits per heavy atom. The molecule has 0 unspecified atom stereocenters. The molecule has 1 aromatic rings. The second-order valence-corrected chi connectivity index (χ2v) is 5.58. The van der Waals surface area contributed by atoms with Gasteiger partial charge in [-0.1, -0.05) is 6.07 Å². The lowest BCUT2D eigenvalue weighted by Gasteiger charge is -2.29. The van der Waals surface area contributed by atoms with Crippen LogP contribution in [0.5, 0.6) is 11.5 Å². The maximum Gasteiger partial charge on any atom is 0.305 e. The fourth-order valence-electron chi connectivity index (χ4n) is 3.06. The van der Waals surface area contributed by atoms with Crippen molar-refractivity contribution < 1.29 is 19.7 Å². The van der Waals surface area contributed by atoms with Crippen LogP contribution in [0.2, 0.25) is 0 Å². The highest BCUT2D eigenvalue weighted by atomic mass is 16.5. The van der Waals surface area contributed by atoms with Gasteiger partial charge in [-0.25, -0.2) is 0 Å². The van der Waals surface area contributed by atoms with Gasteiger partial charge in [-0.05, 0) is 55.6 Å². The number of phenols is 2. The highest BCUT2D eigenvalue weighted by molar-refractivity contribution is 5.69. The number of phenolic OH excluding ortho intramolecular Hbond substituents is 2. The Hall–Kier alpha value is -1.71. The van der Waals surface area contributed by atoms with Crippen LogP contribution >= 0.6 is 0 Å². The van der Waals surface area contributed by atoms with E-state index < -0.39 is 0 Å². The largest absolute Gasteiger partial charge is 0.508 e. The summed E-state index contributed by atoms with van der Waals surface area (Å²) in [5.74, 6) is 1.07. The van der Waals surface area contributed by atoms with Gasteiger partial charge < -0.3 is 14.9 Å². The molecule has 1 saturated carbocycles. The quantitative estimate of drug-likeness (QED) is 0.829. The van der Waals surface area contributed by atoms with Gasteiger partial charge in [-0.3, -0.25) is 4.79 Å². The number of aromatic hydroxyl groups is 2. The fourth-order valence-corrected chi connectivity index (χ4v) is 3.06. The van der Waals surface area contributed by atoms with E-state index in [4.69, 9.17) is 0 Å². The Bertz CT molecular complexity index is 462. The maximum atomic E-state index is 11.1. The molecule has 0 spiro atoms. The number of carbonyl (C=O) groups is 1. The van der Waals surface area contributed by atoms with Crippen molar-refractivity contribution in [3.05, 3.63) is 23.8 Å². The van der Waals surface area contributed by atoms with Gasteiger partial charge in [0.15, 0.2) is 0 Å². The van der Waals surface area contributed by atoms with E-state index in [0.29, 0.717) is 18.3 Å². The van der Waals surface area contributed by atoms with Crippen molar-refractivity contribution >= 4 is 5.97 Å². The van der Waals surface area contributed by atoms with Crippen molar-refractivity contribution in [1.29, 1.82) is 0 Å². The van der Waals surface area contributed by atoms with Crippen LogP contribution in [-0.2, 0) is 9.53 Å². The van der Waals surface area contributed by atoms with Crippen molar-refractivity contribution in [1.82, 2.24) is 0 Å². The van der Waals surface area contributed by atoms with Crippen LogP contribution in [0.4, 0.5) is 0 Å². The first kappa shape index (κ1) is 14.7. The lowest BCUT2D eigenvalue weighted by Crippen LogP contribution is -2.15. The lowest BCUT2D eigenvalue weighted by molar-refractivity contribution is -0.141. The van der Waals surface area contributed by atoms with E-state index in [9.17, 15) is 15.0 Å². The van der Waals surface area contributed by atoms with Gasteiger partial charge in [-0.2, -0.15) is 0 Å². The first-order valence-electron chi connectivity index (χ1n) is 7.19. The average Bonchev–Trinajstić information content (AvgIpc) is 2.45. The summed E-state index contributed by atoms with van der Waals surface area (Å²) in [6.45, 7) is 0. The molecule has 0 aromatic heterocycles. The molecule has 20 heavy (non-hydrogen) atoms. The third kappa shape index (κ3) is 3.65. The first-order chi connectivity index (χ1) is 9.60. The van der Waals surface area contributed by atoms with Gasteiger partial charge in [-0.15, -0.1) is 0 Å². The Kier molecular flexibility index (Phi) is 4.88. The third-order valence-corrected chi connectivity index (χ3v) is 4.28. The maximum absolute atomic E-state index is 11.1. The van der Waals surface area contributed by atoms with E-state index in [1.807, 2.05) is 6.07 Å². The van der Waals surface area contributed by atoms with Crippen LogP contribution in [0.3, 0.4) is 0 Å². The van der Waals surface area contributed by atoms with Gasteiger partial charge in [0.1, 0.15) is 11.5 Å². The monoisotopic (exact) mass is 278 g/mol. The molecule has 0 heterocycles. The highest BCUT2D eigenvalue weighted by Crippen LogP contribution is 2.41. The van der Waals surface area contributed by atoms with Gasteiger partial charge in [0.2, 0.25) is 0 Å². The van der Waals surface area contributed by atoms with Gasteiger partial charge in [0, 0.05) is 12.5 Å². The van der Waals surface area contributed by atoms with Crippen molar-refractivity contribution in [3.8, 4) is 11.5 Å². The molecular weight excluding hydrogens is 256 g/mol. The summed E-state index contributed by atoms with van der Waals surface area (Å²) in [5.41, 5.74) is 0.925. The molecule has 4 heteroatoms. The van der Waals surface area contributed by atoms with Crippen molar-refractivity contribution in [2.75, 3.05) is 7.11 Å². The second-order valence-electron chi connectivity index (χ2n) is 5.58. The topological polar surface area (TPSA) is 66.8 Å². The smallest absolute Gasteiger partial charge is 0.305 e. The van der Waals surface area contributed by atoms with Crippen LogP contribution in [0.15, 0.2) is 18.2 Å². The number of ether oxygens (including phenoxy) is 1. The number of rotatable bonds is 4. The minimum absolute atomic E-state index is 0.0954. The number of hydrogen-bond acceptors (Lipinski definition) is 4. The van der Waals surface area contributed by atoms with E-state index in [0.717, 1.165) is 37.7 Å². The summed E-state index contributed by atoms with van der Waals surface area (Å²) in [5, 5.41) is 19.2. The Labute approximate surface area is 119 Å². The molecule has 1 aliphatic carbocycles. The molecular formula is C16H22O4. The molecule has 1 aromatic carbocycles. The third-order valence-electron chi connectivity index (χ3n) is 4.28. The van der Waals surface area contributed by atoms with E-state index in [1.54, 1.807) is 6.07 Å². The Morgan fingerprint density at radius 3 is 2.55 bits per heavy atom. The molecule has 0 bridgehead atoms.